The van der Waals surface area contributed by atoms with Gasteiger partial charge in [0.1, 0.15) is 5.60 Å². The van der Waals surface area contributed by atoms with Gasteiger partial charge in [0.25, 0.3) is 0 Å². The summed E-state index contributed by atoms with van der Waals surface area (Å²) < 4.78 is 15.3. The van der Waals surface area contributed by atoms with Crippen molar-refractivity contribution in [1.29, 1.82) is 0 Å². The van der Waals surface area contributed by atoms with Crippen molar-refractivity contribution in [3.05, 3.63) is 0 Å². The van der Waals surface area contributed by atoms with E-state index in [-0.39, 0.29) is 0 Å². The van der Waals surface area contributed by atoms with Crippen LogP contribution < -0.4 is 5.73 Å². The monoisotopic (exact) mass is 372 g/mol. The minimum absolute atomic E-state index is 0.469. The molecule has 1 heterocycles. The number of ether oxygens (including phenoxy) is 3. The van der Waals surface area contributed by atoms with Gasteiger partial charge < -0.3 is 24.8 Å². The van der Waals surface area contributed by atoms with Crippen LogP contribution >= 0.6 is 0 Å². The molecule has 150 valence electrons. The van der Waals surface area contributed by atoms with Crippen molar-refractivity contribution < 1.29 is 28.6 Å². The summed E-state index contributed by atoms with van der Waals surface area (Å²) in [7, 11) is 2.53. The van der Waals surface area contributed by atoms with Gasteiger partial charge in [-0.1, -0.05) is 13.8 Å². The molecule has 26 heavy (non-hydrogen) atoms. The number of amides is 1. The fraction of sp³-hybridized carbons (Fsp3) is 0.833. The van der Waals surface area contributed by atoms with Crippen molar-refractivity contribution in [2.24, 2.45) is 17.6 Å². The fourth-order valence-corrected chi connectivity index (χ4v) is 3.72. The molecule has 1 aliphatic heterocycles. The predicted octanol–water partition coefficient (Wildman–Crippen LogP) is 1.70. The number of piperidine rings is 1. The van der Waals surface area contributed by atoms with Gasteiger partial charge in [0.2, 0.25) is 0 Å². The Morgan fingerprint density at radius 1 is 0.923 bits per heavy atom. The lowest BCUT2D eigenvalue weighted by atomic mass is 9.73. The molecule has 0 aromatic carbocycles. The SMILES string of the molecule is CC[C@@H]1C(C(=O)OC)C(N)C(C(=O)OC)[C@H](CC)N1C(=O)OC(C)(C)C. The van der Waals surface area contributed by atoms with Crippen LogP contribution in [0.2, 0.25) is 0 Å². The maximum absolute atomic E-state index is 12.9. The Hall–Kier alpha value is -1.83. The molecule has 1 rings (SSSR count). The van der Waals surface area contributed by atoms with E-state index in [1.54, 1.807) is 20.8 Å². The third kappa shape index (κ3) is 4.47. The van der Waals surface area contributed by atoms with Crippen LogP contribution in [0, 0.1) is 11.8 Å². The van der Waals surface area contributed by atoms with Crippen LogP contribution in [0.25, 0.3) is 0 Å². The van der Waals surface area contributed by atoms with Crippen LogP contribution in [-0.4, -0.2) is 60.9 Å². The molecule has 0 saturated carbocycles. The highest BCUT2D eigenvalue weighted by molar-refractivity contribution is 5.82. The van der Waals surface area contributed by atoms with Crippen LogP contribution in [0.5, 0.6) is 0 Å². The second-order valence-electron chi connectivity index (χ2n) is 7.51. The van der Waals surface area contributed by atoms with E-state index in [1.165, 1.54) is 19.1 Å². The van der Waals surface area contributed by atoms with E-state index in [2.05, 4.69) is 0 Å². The highest BCUT2D eigenvalue weighted by Gasteiger charge is 2.55. The molecular formula is C18H32N2O6. The van der Waals surface area contributed by atoms with Crippen LogP contribution in [0.1, 0.15) is 47.5 Å². The van der Waals surface area contributed by atoms with Gasteiger partial charge >= 0.3 is 18.0 Å². The Bertz CT molecular complexity index is 498. The van der Waals surface area contributed by atoms with Gasteiger partial charge in [-0.25, -0.2) is 4.79 Å². The Morgan fingerprint density at radius 2 is 1.31 bits per heavy atom. The number of nitrogens with zero attached hydrogens (tertiary/aromatic N) is 1. The third-order valence-corrected chi connectivity index (χ3v) is 4.76. The lowest BCUT2D eigenvalue weighted by molar-refractivity contribution is -0.162. The smallest absolute Gasteiger partial charge is 0.410 e. The summed E-state index contributed by atoms with van der Waals surface area (Å²) in [5, 5.41) is 0. The van der Waals surface area contributed by atoms with Crippen molar-refractivity contribution in [3.63, 3.8) is 0 Å². The molecular weight excluding hydrogens is 340 g/mol. The second kappa shape index (κ2) is 8.70. The van der Waals surface area contributed by atoms with Crippen molar-refractivity contribution in [1.82, 2.24) is 4.90 Å². The first-order valence-corrected chi connectivity index (χ1v) is 8.96. The number of carbonyl (C=O) groups is 3. The molecule has 1 amide bonds. The summed E-state index contributed by atoms with van der Waals surface area (Å²) in [5.41, 5.74) is 5.60. The van der Waals surface area contributed by atoms with Gasteiger partial charge in [-0.2, -0.15) is 0 Å². The molecule has 1 saturated heterocycles. The summed E-state index contributed by atoms with van der Waals surface area (Å²) in [4.78, 5) is 39.3. The zero-order valence-electron chi connectivity index (χ0n) is 16.8. The van der Waals surface area contributed by atoms with Crippen LogP contribution in [0.15, 0.2) is 0 Å². The van der Waals surface area contributed by atoms with E-state index in [0.29, 0.717) is 12.8 Å². The topological polar surface area (TPSA) is 108 Å². The van der Waals surface area contributed by atoms with Crippen molar-refractivity contribution in [2.75, 3.05) is 14.2 Å². The minimum Gasteiger partial charge on any atom is -0.469 e. The van der Waals surface area contributed by atoms with E-state index in [1.807, 2.05) is 13.8 Å². The maximum Gasteiger partial charge on any atom is 0.410 e. The molecule has 0 bridgehead atoms. The first kappa shape index (κ1) is 22.2. The Kier molecular flexibility index (Phi) is 7.44. The van der Waals surface area contributed by atoms with Crippen LogP contribution in [0.4, 0.5) is 4.79 Å². The van der Waals surface area contributed by atoms with E-state index >= 15 is 0 Å². The van der Waals surface area contributed by atoms with Crippen LogP contribution in [0.3, 0.4) is 0 Å². The molecule has 1 aliphatic rings. The number of carbonyl (C=O) groups excluding carboxylic acids is 3. The van der Waals surface area contributed by atoms with Gasteiger partial charge in [0.05, 0.1) is 26.1 Å². The number of methoxy groups -OCH3 is 2. The molecule has 5 atom stereocenters. The number of likely N-dealkylation sites (tertiary alicyclic amines) is 1. The quantitative estimate of drug-likeness (QED) is 0.591. The van der Waals surface area contributed by atoms with Gasteiger partial charge in [-0.15, -0.1) is 0 Å². The summed E-state index contributed by atoms with van der Waals surface area (Å²) in [6, 6.07) is -1.88. The number of esters is 2. The molecule has 0 aliphatic carbocycles. The normalized spacial score (nSPS) is 29.1. The zero-order chi connectivity index (χ0) is 20.2. The lowest BCUT2D eigenvalue weighted by Crippen LogP contribution is -2.68. The average Bonchev–Trinajstić information content (AvgIpc) is 2.57. The van der Waals surface area contributed by atoms with Crippen molar-refractivity contribution in [2.45, 2.75) is 71.2 Å². The van der Waals surface area contributed by atoms with Gasteiger partial charge in [0.15, 0.2) is 0 Å². The molecule has 8 nitrogen and oxygen atoms in total. The fourth-order valence-electron chi connectivity index (χ4n) is 3.72. The van der Waals surface area contributed by atoms with Crippen LogP contribution in [-0.2, 0) is 23.8 Å². The molecule has 2 N–H and O–H groups in total. The molecule has 0 spiro atoms. The molecule has 0 aromatic rings. The first-order chi connectivity index (χ1) is 12.0. The standard InChI is InChI=1S/C18H32N2O6/c1-8-10-12(15(21)24-6)14(19)13(16(22)25-7)11(9-2)20(10)17(23)26-18(3,4)5/h10-14H,8-9,19H2,1-7H3/t10-,11+,12?,13?,14?. The van der Waals surface area contributed by atoms with Gasteiger partial charge in [-0.3, -0.25) is 9.59 Å². The van der Waals surface area contributed by atoms with E-state index in [0.717, 1.165) is 0 Å². The number of nitrogens with two attached hydrogens (primary N) is 1. The summed E-state index contributed by atoms with van der Waals surface area (Å²) in [5.74, 6) is -2.79. The second-order valence-corrected chi connectivity index (χ2v) is 7.51. The minimum atomic E-state index is -0.843. The predicted molar refractivity (Wildman–Crippen MR) is 95.2 cm³/mol. The maximum atomic E-state index is 12.9. The van der Waals surface area contributed by atoms with E-state index < -0.39 is 53.6 Å². The molecule has 3 unspecified atom stereocenters. The average molecular weight is 372 g/mol. The molecule has 8 heteroatoms. The Morgan fingerprint density at radius 3 is 1.58 bits per heavy atom. The highest BCUT2D eigenvalue weighted by atomic mass is 16.6. The summed E-state index contributed by atoms with van der Waals surface area (Å²) >= 11 is 0. The molecule has 0 aromatic heterocycles. The van der Waals surface area contributed by atoms with E-state index in [9.17, 15) is 14.4 Å². The molecule has 1 fully saturated rings. The third-order valence-electron chi connectivity index (χ3n) is 4.76. The van der Waals surface area contributed by atoms with Crippen molar-refractivity contribution >= 4 is 18.0 Å². The number of rotatable bonds is 4. The number of hydrogen-bond donors (Lipinski definition) is 1. The summed E-state index contributed by atoms with van der Waals surface area (Å²) in [6.45, 7) is 9.00. The zero-order valence-corrected chi connectivity index (χ0v) is 16.8. The summed E-state index contributed by atoms with van der Waals surface area (Å²) in [6.07, 6.45) is 0.361. The number of hydrogen-bond acceptors (Lipinski definition) is 7. The first-order valence-electron chi connectivity index (χ1n) is 8.96. The molecule has 0 radical (unpaired) electrons. The van der Waals surface area contributed by atoms with Gasteiger partial charge in [-0.05, 0) is 33.6 Å². The largest absolute Gasteiger partial charge is 0.469 e. The van der Waals surface area contributed by atoms with Gasteiger partial charge in [0, 0.05) is 18.1 Å². The highest BCUT2D eigenvalue weighted by Crippen LogP contribution is 2.37. The lowest BCUT2D eigenvalue weighted by Gasteiger charge is -2.50. The van der Waals surface area contributed by atoms with Crippen molar-refractivity contribution in [3.8, 4) is 0 Å². The Balaban J connectivity index is 3.45. The van der Waals surface area contributed by atoms with E-state index in [4.69, 9.17) is 19.9 Å². The Labute approximate surface area is 155 Å².